The molecule has 0 aliphatic rings. The molecule has 0 saturated carbocycles. The van der Waals surface area contributed by atoms with Crippen LogP contribution in [0.1, 0.15) is 27.8 Å². The van der Waals surface area contributed by atoms with Gasteiger partial charge in [-0.05, 0) is 69.0 Å². The number of benzene rings is 2. The molecule has 0 unspecified atom stereocenters. The summed E-state index contributed by atoms with van der Waals surface area (Å²) in [5.41, 5.74) is 6.37. The highest BCUT2D eigenvalue weighted by Crippen LogP contribution is 2.26. The van der Waals surface area contributed by atoms with Crippen molar-refractivity contribution in [3.05, 3.63) is 52.1 Å². The second-order valence-corrected chi connectivity index (χ2v) is 9.53. The summed E-state index contributed by atoms with van der Waals surface area (Å²) in [5.74, 6) is -0.187. The van der Waals surface area contributed by atoms with E-state index in [4.69, 9.17) is 0 Å². The number of carbonyl (C=O) groups is 1. The molecule has 0 bridgehead atoms. The monoisotopic (exact) mass is 403 g/mol. The van der Waals surface area contributed by atoms with E-state index in [1.165, 1.54) is 18.4 Å². The average Bonchev–Trinajstić information content (AvgIpc) is 2.58. The molecule has 0 atom stereocenters. The number of nitrogens with zero attached hydrogens (tertiary/aromatic N) is 1. The van der Waals surface area contributed by atoms with E-state index < -0.39 is 10.0 Å². The molecule has 28 heavy (non-hydrogen) atoms. The Morgan fingerprint density at radius 2 is 1.50 bits per heavy atom. The third-order valence-electron chi connectivity index (χ3n) is 4.80. The number of anilines is 2. The van der Waals surface area contributed by atoms with Gasteiger partial charge in [0, 0.05) is 25.5 Å². The number of aryl methyl sites for hydroxylation is 4. The van der Waals surface area contributed by atoms with Crippen molar-refractivity contribution >= 4 is 27.3 Å². The Bertz CT molecular complexity index is 989. The van der Waals surface area contributed by atoms with E-state index in [2.05, 4.69) is 10.6 Å². The van der Waals surface area contributed by atoms with Gasteiger partial charge in [-0.3, -0.25) is 4.79 Å². The Hall–Kier alpha value is -2.38. The van der Waals surface area contributed by atoms with Crippen LogP contribution >= 0.6 is 0 Å². The van der Waals surface area contributed by atoms with Crippen LogP contribution in [0.2, 0.25) is 0 Å². The maximum atomic E-state index is 12.5. The lowest BCUT2D eigenvalue weighted by molar-refractivity contribution is -0.114. The predicted octanol–water partition coefficient (Wildman–Crippen LogP) is 3.53. The summed E-state index contributed by atoms with van der Waals surface area (Å²) < 4.78 is 26.1. The maximum absolute atomic E-state index is 12.5. The summed E-state index contributed by atoms with van der Waals surface area (Å²) in [6, 6.07) is 7.28. The molecular weight excluding hydrogens is 374 g/mol. The van der Waals surface area contributed by atoms with E-state index in [0.29, 0.717) is 5.69 Å². The number of rotatable bonds is 6. The quantitative estimate of drug-likeness (QED) is 0.773. The number of sulfonamides is 1. The van der Waals surface area contributed by atoms with E-state index >= 15 is 0 Å². The van der Waals surface area contributed by atoms with E-state index in [9.17, 15) is 13.2 Å². The fourth-order valence-electron chi connectivity index (χ4n) is 3.11. The zero-order valence-corrected chi connectivity index (χ0v) is 18.4. The van der Waals surface area contributed by atoms with Crippen molar-refractivity contribution in [1.82, 2.24) is 4.31 Å². The first-order chi connectivity index (χ1) is 12.9. The second-order valence-electron chi connectivity index (χ2n) is 7.38. The SMILES string of the molecule is Cc1cc(C)c(NC(=O)CNc2cc(S(=O)(=O)N(C)C)cc(C)c2C)c(C)c1. The van der Waals surface area contributed by atoms with Crippen molar-refractivity contribution in [2.75, 3.05) is 31.3 Å². The molecule has 2 N–H and O–H groups in total. The van der Waals surface area contributed by atoms with E-state index in [1.807, 2.05) is 46.8 Å². The topological polar surface area (TPSA) is 78.5 Å². The minimum atomic E-state index is -3.55. The number of nitrogens with one attached hydrogen (secondary N) is 2. The third-order valence-corrected chi connectivity index (χ3v) is 6.59. The van der Waals surface area contributed by atoms with Gasteiger partial charge in [0.05, 0.1) is 11.4 Å². The highest BCUT2D eigenvalue weighted by molar-refractivity contribution is 7.89. The highest BCUT2D eigenvalue weighted by Gasteiger charge is 2.19. The smallest absolute Gasteiger partial charge is 0.243 e. The third kappa shape index (κ3) is 4.72. The maximum Gasteiger partial charge on any atom is 0.243 e. The summed E-state index contributed by atoms with van der Waals surface area (Å²) in [5, 5.41) is 6.03. The van der Waals surface area contributed by atoms with Gasteiger partial charge in [0.15, 0.2) is 0 Å². The van der Waals surface area contributed by atoms with Crippen molar-refractivity contribution in [1.29, 1.82) is 0 Å². The van der Waals surface area contributed by atoms with Crippen molar-refractivity contribution < 1.29 is 13.2 Å². The largest absolute Gasteiger partial charge is 0.376 e. The van der Waals surface area contributed by atoms with Gasteiger partial charge < -0.3 is 10.6 Å². The number of hydrogen-bond donors (Lipinski definition) is 2. The standard InChI is InChI=1S/C21H29N3O3S/c1-13-8-15(3)21(16(4)9-13)23-20(25)12-22-19-11-18(10-14(2)17(19)5)28(26,27)24(6)7/h8-11,22H,12H2,1-7H3,(H,23,25). The molecule has 0 saturated heterocycles. The molecule has 0 radical (unpaired) electrons. The molecule has 152 valence electrons. The minimum absolute atomic E-state index is 0.0402. The first-order valence-corrected chi connectivity index (χ1v) is 10.5. The molecule has 0 heterocycles. The normalized spacial score (nSPS) is 11.6. The van der Waals surface area contributed by atoms with Gasteiger partial charge in [0.25, 0.3) is 0 Å². The zero-order valence-electron chi connectivity index (χ0n) is 17.6. The molecule has 0 aromatic heterocycles. The van der Waals surface area contributed by atoms with Crippen molar-refractivity contribution in [2.24, 2.45) is 0 Å². The Labute approximate surface area is 168 Å². The van der Waals surface area contributed by atoms with Crippen LogP contribution in [0.4, 0.5) is 11.4 Å². The second kappa shape index (κ2) is 8.32. The summed E-state index contributed by atoms with van der Waals surface area (Å²) in [4.78, 5) is 12.7. The van der Waals surface area contributed by atoms with Crippen LogP contribution in [0.15, 0.2) is 29.2 Å². The average molecular weight is 404 g/mol. The summed E-state index contributed by atoms with van der Waals surface area (Å²) in [6.07, 6.45) is 0. The molecule has 0 spiro atoms. The van der Waals surface area contributed by atoms with E-state index in [1.54, 1.807) is 12.1 Å². The lowest BCUT2D eigenvalue weighted by atomic mass is 10.1. The van der Waals surface area contributed by atoms with Gasteiger partial charge in [-0.25, -0.2) is 12.7 Å². The van der Waals surface area contributed by atoms with Crippen molar-refractivity contribution in [2.45, 2.75) is 39.5 Å². The summed E-state index contributed by atoms with van der Waals surface area (Å²) >= 11 is 0. The van der Waals surface area contributed by atoms with Gasteiger partial charge in [-0.15, -0.1) is 0 Å². The van der Waals surface area contributed by atoms with Crippen LogP contribution in [0.5, 0.6) is 0 Å². The molecule has 1 amide bonds. The predicted molar refractivity (Wildman–Crippen MR) is 115 cm³/mol. The van der Waals surface area contributed by atoms with Crippen LogP contribution in [-0.4, -0.2) is 39.3 Å². The van der Waals surface area contributed by atoms with Gasteiger partial charge >= 0.3 is 0 Å². The van der Waals surface area contributed by atoms with Crippen LogP contribution in [0, 0.1) is 34.6 Å². The van der Waals surface area contributed by atoms with Gasteiger partial charge in [-0.2, -0.15) is 0 Å². The highest BCUT2D eigenvalue weighted by atomic mass is 32.2. The molecule has 0 aliphatic carbocycles. The zero-order chi connectivity index (χ0) is 21.2. The molecule has 2 aromatic rings. The molecule has 2 rings (SSSR count). The number of carbonyl (C=O) groups excluding carboxylic acids is 1. The summed E-state index contributed by atoms with van der Waals surface area (Å²) in [7, 11) is -0.554. The first kappa shape index (κ1) is 21.9. The van der Waals surface area contributed by atoms with Crippen molar-refractivity contribution in [3.63, 3.8) is 0 Å². The molecule has 0 fully saturated rings. The fourth-order valence-corrected chi connectivity index (χ4v) is 4.12. The number of hydrogen-bond acceptors (Lipinski definition) is 4. The van der Waals surface area contributed by atoms with Crippen LogP contribution in [0.25, 0.3) is 0 Å². The number of amides is 1. The van der Waals surface area contributed by atoms with Gasteiger partial charge in [0.2, 0.25) is 15.9 Å². The molecule has 6 nitrogen and oxygen atoms in total. The van der Waals surface area contributed by atoms with E-state index in [-0.39, 0.29) is 17.3 Å². The Balaban J connectivity index is 2.21. The van der Waals surface area contributed by atoms with Crippen LogP contribution in [0.3, 0.4) is 0 Å². The molecule has 2 aromatic carbocycles. The van der Waals surface area contributed by atoms with E-state index in [0.717, 1.165) is 33.5 Å². The van der Waals surface area contributed by atoms with Gasteiger partial charge in [-0.1, -0.05) is 17.7 Å². The Morgan fingerprint density at radius 3 is 2.04 bits per heavy atom. The Morgan fingerprint density at radius 1 is 0.929 bits per heavy atom. The fraction of sp³-hybridized carbons (Fsp3) is 0.381. The Kier molecular flexibility index (Phi) is 6.52. The minimum Gasteiger partial charge on any atom is -0.376 e. The molecule has 0 aliphatic heterocycles. The van der Waals surface area contributed by atoms with Crippen molar-refractivity contribution in [3.8, 4) is 0 Å². The van der Waals surface area contributed by atoms with Crippen LogP contribution in [-0.2, 0) is 14.8 Å². The lowest BCUT2D eigenvalue weighted by Gasteiger charge is -2.17. The first-order valence-electron chi connectivity index (χ1n) is 9.09. The molecular formula is C21H29N3O3S. The van der Waals surface area contributed by atoms with Gasteiger partial charge in [0.1, 0.15) is 0 Å². The molecule has 7 heteroatoms. The van der Waals surface area contributed by atoms with Crippen LogP contribution < -0.4 is 10.6 Å². The lowest BCUT2D eigenvalue weighted by Crippen LogP contribution is -2.24. The summed E-state index contributed by atoms with van der Waals surface area (Å²) in [6.45, 7) is 9.74.